The molecule has 0 bridgehead atoms. The SMILES string of the molecule is CN(CCO)c1ccc2c(c1)sc1cc(/C=C(\C#N)C(=O)OC(C)(C)C)sc12. The number of esters is 1. The van der Waals surface area contributed by atoms with Crippen molar-refractivity contribution in [1.29, 1.82) is 5.26 Å². The average molecular weight is 415 g/mol. The minimum absolute atomic E-state index is 0.000971. The zero-order valence-electron chi connectivity index (χ0n) is 16.3. The largest absolute Gasteiger partial charge is 0.456 e. The van der Waals surface area contributed by atoms with Crippen LogP contribution in [0.3, 0.4) is 0 Å². The zero-order valence-corrected chi connectivity index (χ0v) is 17.9. The molecule has 0 spiro atoms. The van der Waals surface area contributed by atoms with E-state index in [2.05, 4.69) is 12.1 Å². The predicted octanol–water partition coefficient (Wildman–Crippen LogP) is 4.79. The van der Waals surface area contributed by atoms with E-state index in [-0.39, 0.29) is 12.2 Å². The van der Waals surface area contributed by atoms with Crippen LogP contribution < -0.4 is 4.90 Å². The van der Waals surface area contributed by atoms with Gasteiger partial charge in [0.1, 0.15) is 17.2 Å². The molecule has 0 amide bonds. The lowest BCUT2D eigenvalue weighted by molar-refractivity contribution is -0.149. The summed E-state index contributed by atoms with van der Waals surface area (Å²) in [5.74, 6) is -0.604. The maximum absolute atomic E-state index is 12.2. The van der Waals surface area contributed by atoms with Crippen LogP contribution >= 0.6 is 22.7 Å². The van der Waals surface area contributed by atoms with Crippen LogP contribution in [0.2, 0.25) is 0 Å². The Bertz CT molecular complexity index is 1100. The van der Waals surface area contributed by atoms with E-state index in [9.17, 15) is 10.1 Å². The molecular formula is C21H22N2O3S2. The molecule has 0 radical (unpaired) electrons. The maximum atomic E-state index is 12.2. The molecule has 2 aromatic heterocycles. The Labute approximate surface area is 172 Å². The van der Waals surface area contributed by atoms with E-state index in [0.29, 0.717) is 6.54 Å². The van der Waals surface area contributed by atoms with E-state index in [0.717, 1.165) is 25.4 Å². The fourth-order valence-corrected chi connectivity index (χ4v) is 5.27. The average Bonchev–Trinajstić information content (AvgIpc) is 3.14. The fourth-order valence-electron chi connectivity index (χ4n) is 2.76. The third kappa shape index (κ3) is 4.36. The van der Waals surface area contributed by atoms with Crippen LogP contribution in [0.25, 0.3) is 25.6 Å². The highest BCUT2D eigenvalue weighted by Gasteiger charge is 2.20. The maximum Gasteiger partial charge on any atom is 0.349 e. The summed E-state index contributed by atoms with van der Waals surface area (Å²) in [4.78, 5) is 15.1. The molecule has 146 valence electrons. The summed E-state index contributed by atoms with van der Waals surface area (Å²) in [6.45, 7) is 6.03. The van der Waals surface area contributed by atoms with Gasteiger partial charge in [0.05, 0.1) is 11.3 Å². The Morgan fingerprint density at radius 1 is 1.29 bits per heavy atom. The van der Waals surface area contributed by atoms with Crippen molar-refractivity contribution in [3.8, 4) is 6.07 Å². The van der Waals surface area contributed by atoms with Crippen molar-refractivity contribution in [2.45, 2.75) is 26.4 Å². The summed E-state index contributed by atoms with van der Waals surface area (Å²) < 4.78 is 8.73. The first-order valence-corrected chi connectivity index (χ1v) is 10.5. The first-order valence-electron chi connectivity index (χ1n) is 8.85. The Balaban J connectivity index is 1.94. The number of aliphatic hydroxyl groups excluding tert-OH is 1. The van der Waals surface area contributed by atoms with Crippen molar-refractivity contribution in [1.82, 2.24) is 0 Å². The van der Waals surface area contributed by atoms with Crippen LogP contribution in [0.5, 0.6) is 0 Å². The zero-order chi connectivity index (χ0) is 20.5. The van der Waals surface area contributed by atoms with Gasteiger partial charge < -0.3 is 14.7 Å². The Kier molecular flexibility index (Phi) is 5.75. The summed E-state index contributed by atoms with van der Waals surface area (Å²) in [5, 5.41) is 19.6. The van der Waals surface area contributed by atoms with Gasteiger partial charge in [-0.2, -0.15) is 5.26 Å². The molecular weight excluding hydrogens is 392 g/mol. The number of hydrogen-bond acceptors (Lipinski definition) is 7. The van der Waals surface area contributed by atoms with Gasteiger partial charge in [-0.25, -0.2) is 4.79 Å². The molecule has 0 aliphatic heterocycles. The van der Waals surface area contributed by atoms with Crippen molar-refractivity contribution in [3.63, 3.8) is 0 Å². The number of likely N-dealkylation sites (N-methyl/N-ethyl adjacent to an activating group) is 1. The number of nitriles is 1. The first-order chi connectivity index (χ1) is 13.2. The van der Waals surface area contributed by atoms with Crippen LogP contribution in [0.1, 0.15) is 25.6 Å². The van der Waals surface area contributed by atoms with Crippen LogP contribution in [-0.2, 0) is 9.53 Å². The van der Waals surface area contributed by atoms with Gasteiger partial charge in [0.15, 0.2) is 0 Å². The quantitative estimate of drug-likeness (QED) is 0.369. The molecule has 3 rings (SSSR count). The summed E-state index contributed by atoms with van der Waals surface area (Å²) in [5.41, 5.74) is 0.424. The molecule has 0 unspecified atom stereocenters. The van der Waals surface area contributed by atoms with E-state index in [1.807, 2.05) is 30.1 Å². The smallest absolute Gasteiger partial charge is 0.349 e. The number of fused-ring (bicyclic) bond motifs is 3. The molecule has 1 N–H and O–H groups in total. The van der Waals surface area contributed by atoms with Gasteiger partial charge in [-0.05, 0) is 45.0 Å². The predicted molar refractivity (Wildman–Crippen MR) is 117 cm³/mol. The number of rotatable bonds is 5. The molecule has 28 heavy (non-hydrogen) atoms. The standard InChI is InChI=1S/C21H22N2O3S2/c1-21(2,3)26-20(25)13(12-22)9-15-11-18-19(27-15)16-6-5-14(10-17(16)28-18)23(4)7-8-24/h5-6,9-11,24H,7-8H2,1-4H3/b13-9+. The topological polar surface area (TPSA) is 73.6 Å². The Morgan fingerprint density at radius 3 is 2.68 bits per heavy atom. The fraction of sp³-hybridized carbons (Fsp3) is 0.333. The molecule has 0 fully saturated rings. The number of aliphatic hydroxyl groups is 1. The molecule has 0 aliphatic rings. The number of hydrogen-bond donors (Lipinski definition) is 1. The summed E-state index contributed by atoms with van der Waals surface area (Å²) in [6, 6.07) is 10.2. The third-order valence-corrected chi connectivity index (χ3v) is 6.39. The van der Waals surface area contributed by atoms with Crippen molar-refractivity contribution >= 4 is 59.9 Å². The second-order valence-electron chi connectivity index (χ2n) is 7.44. The number of carbonyl (C=O) groups excluding carboxylic acids is 1. The van der Waals surface area contributed by atoms with E-state index in [1.54, 1.807) is 49.5 Å². The summed E-state index contributed by atoms with van der Waals surface area (Å²) in [7, 11) is 1.95. The number of thiophene rings is 2. The Morgan fingerprint density at radius 2 is 2.04 bits per heavy atom. The van der Waals surface area contributed by atoms with Gasteiger partial charge in [0.2, 0.25) is 0 Å². The highest BCUT2D eigenvalue weighted by Crippen LogP contribution is 2.41. The van der Waals surface area contributed by atoms with Gasteiger partial charge in [-0.15, -0.1) is 22.7 Å². The first kappa shape index (κ1) is 20.3. The Hall–Kier alpha value is -2.40. The second-order valence-corrected chi connectivity index (χ2v) is 9.61. The van der Waals surface area contributed by atoms with E-state index >= 15 is 0 Å². The van der Waals surface area contributed by atoms with Crippen molar-refractivity contribution in [2.75, 3.05) is 25.1 Å². The summed E-state index contributed by atoms with van der Waals surface area (Å²) >= 11 is 3.24. The highest BCUT2D eigenvalue weighted by molar-refractivity contribution is 7.33. The van der Waals surface area contributed by atoms with Crippen LogP contribution in [0.4, 0.5) is 5.69 Å². The molecule has 0 atom stereocenters. The molecule has 2 heterocycles. The molecule has 3 aromatic rings. The van der Waals surface area contributed by atoms with Crippen LogP contribution in [0.15, 0.2) is 29.8 Å². The van der Waals surface area contributed by atoms with Gasteiger partial charge in [-0.3, -0.25) is 0 Å². The van der Waals surface area contributed by atoms with Crippen LogP contribution in [-0.4, -0.2) is 36.9 Å². The van der Waals surface area contributed by atoms with Gasteiger partial charge in [0.25, 0.3) is 0 Å². The molecule has 0 aliphatic carbocycles. The number of anilines is 1. The molecule has 0 saturated carbocycles. The number of carbonyl (C=O) groups is 1. The van der Waals surface area contributed by atoms with Crippen LogP contribution in [0, 0.1) is 11.3 Å². The van der Waals surface area contributed by atoms with Crippen molar-refractivity contribution in [2.24, 2.45) is 0 Å². The normalized spacial score (nSPS) is 12.4. The van der Waals surface area contributed by atoms with E-state index < -0.39 is 11.6 Å². The monoisotopic (exact) mass is 414 g/mol. The number of benzene rings is 1. The minimum Gasteiger partial charge on any atom is -0.456 e. The molecule has 0 saturated heterocycles. The van der Waals surface area contributed by atoms with Gasteiger partial charge >= 0.3 is 5.97 Å². The molecule has 5 nitrogen and oxygen atoms in total. The van der Waals surface area contributed by atoms with Crippen molar-refractivity contribution in [3.05, 3.63) is 34.7 Å². The highest BCUT2D eigenvalue weighted by atomic mass is 32.1. The molecule has 1 aromatic carbocycles. The van der Waals surface area contributed by atoms with Gasteiger partial charge in [-0.1, -0.05) is 6.07 Å². The molecule has 7 heteroatoms. The van der Waals surface area contributed by atoms with E-state index in [4.69, 9.17) is 9.84 Å². The number of nitrogens with zero attached hydrogens (tertiary/aromatic N) is 2. The lowest BCUT2D eigenvalue weighted by atomic mass is 10.2. The lowest BCUT2D eigenvalue weighted by Crippen LogP contribution is -2.24. The van der Waals surface area contributed by atoms with Crippen molar-refractivity contribution < 1.29 is 14.6 Å². The van der Waals surface area contributed by atoms with Gasteiger partial charge in [0, 0.05) is 38.9 Å². The third-order valence-electron chi connectivity index (χ3n) is 4.05. The summed E-state index contributed by atoms with van der Waals surface area (Å²) in [6.07, 6.45) is 1.60. The minimum atomic E-state index is -0.639. The lowest BCUT2D eigenvalue weighted by Gasteiger charge is -2.18. The second kappa shape index (κ2) is 7.92. The van der Waals surface area contributed by atoms with E-state index in [1.165, 1.54) is 4.70 Å². The number of ether oxygens (including phenoxy) is 1.